The maximum Gasteiger partial charge on any atom is 0.191 e. The summed E-state index contributed by atoms with van der Waals surface area (Å²) in [7, 11) is 1.81. The standard InChI is InChI=1S/C16H26N8/c1-13-18-8-10-23(13)9-4-3-7-19-16(17-2)22-14-5-6-15-20-12-21-24(15)11-14/h8,10,12,14H,3-7,9,11H2,1-2H3,(H2,17,19,22). The molecule has 24 heavy (non-hydrogen) atoms. The molecule has 2 aromatic rings. The summed E-state index contributed by atoms with van der Waals surface area (Å²) in [5, 5.41) is 11.1. The number of imidazole rings is 1. The van der Waals surface area contributed by atoms with E-state index in [0.717, 1.165) is 62.9 Å². The third-order valence-corrected chi connectivity index (χ3v) is 4.41. The lowest BCUT2D eigenvalue weighted by molar-refractivity contribution is 0.392. The average Bonchev–Trinajstić information content (AvgIpc) is 3.22. The van der Waals surface area contributed by atoms with Crippen LogP contribution in [0.15, 0.2) is 23.7 Å². The van der Waals surface area contributed by atoms with Gasteiger partial charge in [0.2, 0.25) is 0 Å². The third-order valence-electron chi connectivity index (χ3n) is 4.41. The molecule has 3 rings (SSSR count). The predicted molar refractivity (Wildman–Crippen MR) is 92.8 cm³/mol. The molecule has 1 atom stereocenters. The maximum absolute atomic E-state index is 4.32. The van der Waals surface area contributed by atoms with Gasteiger partial charge in [-0.15, -0.1) is 0 Å². The van der Waals surface area contributed by atoms with Gasteiger partial charge in [-0.3, -0.25) is 4.99 Å². The van der Waals surface area contributed by atoms with Crippen LogP contribution in [0.25, 0.3) is 0 Å². The van der Waals surface area contributed by atoms with Gasteiger partial charge >= 0.3 is 0 Å². The maximum atomic E-state index is 4.32. The number of nitrogens with one attached hydrogen (secondary N) is 2. The third kappa shape index (κ3) is 4.12. The number of aromatic nitrogens is 5. The molecule has 0 saturated carbocycles. The summed E-state index contributed by atoms with van der Waals surface area (Å²) in [6.07, 6.45) is 9.74. The summed E-state index contributed by atoms with van der Waals surface area (Å²) >= 11 is 0. The van der Waals surface area contributed by atoms with Gasteiger partial charge in [0.1, 0.15) is 18.0 Å². The van der Waals surface area contributed by atoms with Gasteiger partial charge in [0.25, 0.3) is 0 Å². The molecule has 1 unspecified atom stereocenters. The molecule has 2 N–H and O–H groups in total. The number of guanidine groups is 1. The van der Waals surface area contributed by atoms with E-state index in [-0.39, 0.29) is 0 Å². The second-order valence-corrected chi connectivity index (χ2v) is 6.11. The Bertz CT molecular complexity index is 671. The van der Waals surface area contributed by atoms with Gasteiger partial charge in [0.15, 0.2) is 5.96 Å². The Kier molecular flexibility index (Phi) is 5.45. The Balaban J connectivity index is 1.36. The SMILES string of the molecule is CN=C(NCCCCn1ccnc1C)NC1CCc2ncnn2C1. The van der Waals surface area contributed by atoms with Crippen LogP contribution in [0.3, 0.4) is 0 Å². The number of nitrogens with zero attached hydrogens (tertiary/aromatic N) is 6. The molecule has 1 aliphatic heterocycles. The monoisotopic (exact) mass is 330 g/mol. The molecule has 8 heteroatoms. The Labute approximate surface area is 142 Å². The number of unbranched alkanes of at least 4 members (excludes halogenated alkanes) is 1. The van der Waals surface area contributed by atoms with E-state index in [0.29, 0.717) is 6.04 Å². The first-order chi connectivity index (χ1) is 11.8. The zero-order chi connectivity index (χ0) is 16.8. The molecule has 0 aromatic carbocycles. The van der Waals surface area contributed by atoms with Crippen molar-refractivity contribution in [2.75, 3.05) is 13.6 Å². The minimum absolute atomic E-state index is 0.346. The Hall–Kier alpha value is -2.38. The van der Waals surface area contributed by atoms with Crippen molar-refractivity contribution in [2.24, 2.45) is 4.99 Å². The van der Waals surface area contributed by atoms with E-state index in [1.165, 1.54) is 0 Å². The van der Waals surface area contributed by atoms with Crippen molar-refractivity contribution < 1.29 is 0 Å². The van der Waals surface area contributed by atoms with Crippen LogP contribution in [-0.4, -0.2) is 49.9 Å². The molecule has 0 fully saturated rings. The van der Waals surface area contributed by atoms with E-state index in [1.807, 2.05) is 31.0 Å². The van der Waals surface area contributed by atoms with Gasteiger partial charge in [0, 0.05) is 45.0 Å². The van der Waals surface area contributed by atoms with E-state index in [9.17, 15) is 0 Å². The van der Waals surface area contributed by atoms with Crippen LogP contribution in [0.1, 0.15) is 30.9 Å². The van der Waals surface area contributed by atoms with Crippen LogP contribution in [0.2, 0.25) is 0 Å². The highest BCUT2D eigenvalue weighted by atomic mass is 15.4. The fraction of sp³-hybridized carbons (Fsp3) is 0.625. The molecular formula is C16H26N8. The van der Waals surface area contributed by atoms with Gasteiger partial charge in [-0.25, -0.2) is 14.6 Å². The summed E-state index contributed by atoms with van der Waals surface area (Å²) in [5.74, 6) is 3.01. The zero-order valence-electron chi connectivity index (χ0n) is 14.4. The minimum Gasteiger partial charge on any atom is -0.356 e. The summed E-state index contributed by atoms with van der Waals surface area (Å²) in [4.78, 5) is 12.8. The van der Waals surface area contributed by atoms with E-state index in [1.54, 1.807) is 6.33 Å². The highest BCUT2D eigenvalue weighted by molar-refractivity contribution is 5.79. The molecule has 0 radical (unpaired) electrons. The number of fused-ring (bicyclic) bond motifs is 1. The van der Waals surface area contributed by atoms with Crippen LogP contribution >= 0.6 is 0 Å². The topological polar surface area (TPSA) is 84.9 Å². The quantitative estimate of drug-likeness (QED) is 0.464. The highest BCUT2D eigenvalue weighted by Gasteiger charge is 2.20. The van der Waals surface area contributed by atoms with Gasteiger partial charge in [-0.2, -0.15) is 5.10 Å². The second kappa shape index (κ2) is 7.94. The molecule has 8 nitrogen and oxygen atoms in total. The molecule has 2 aromatic heterocycles. The van der Waals surface area contributed by atoms with E-state index in [2.05, 4.69) is 35.3 Å². The fourth-order valence-electron chi connectivity index (χ4n) is 3.00. The Morgan fingerprint density at radius 3 is 3.08 bits per heavy atom. The van der Waals surface area contributed by atoms with Crippen molar-refractivity contribution >= 4 is 5.96 Å². The van der Waals surface area contributed by atoms with Crippen LogP contribution in [0, 0.1) is 6.92 Å². The lowest BCUT2D eigenvalue weighted by Gasteiger charge is -2.25. The number of aryl methyl sites for hydroxylation is 3. The Morgan fingerprint density at radius 1 is 1.38 bits per heavy atom. The largest absolute Gasteiger partial charge is 0.356 e. The van der Waals surface area contributed by atoms with Gasteiger partial charge < -0.3 is 15.2 Å². The van der Waals surface area contributed by atoms with E-state index in [4.69, 9.17) is 0 Å². The van der Waals surface area contributed by atoms with Crippen molar-refractivity contribution in [1.29, 1.82) is 0 Å². The average molecular weight is 330 g/mol. The number of hydrogen-bond donors (Lipinski definition) is 2. The van der Waals surface area contributed by atoms with Crippen LogP contribution in [0.4, 0.5) is 0 Å². The molecule has 130 valence electrons. The molecule has 0 saturated heterocycles. The molecule has 3 heterocycles. The van der Waals surface area contributed by atoms with Crippen LogP contribution < -0.4 is 10.6 Å². The van der Waals surface area contributed by atoms with Crippen molar-refractivity contribution in [3.63, 3.8) is 0 Å². The number of hydrogen-bond acceptors (Lipinski definition) is 4. The number of rotatable bonds is 6. The lowest BCUT2D eigenvalue weighted by atomic mass is 10.1. The molecular weight excluding hydrogens is 304 g/mol. The van der Waals surface area contributed by atoms with Crippen molar-refractivity contribution in [3.8, 4) is 0 Å². The van der Waals surface area contributed by atoms with Crippen LogP contribution in [0.5, 0.6) is 0 Å². The van der Waals surface area contributed by atoms with Crippen molar-refractivity contribution in [3.05, 3.63) is 30.4 Å². The zero-order valence-corrected chi connectivity index (χ0v) is 14.4. The van der Waals surface area contributed by atoms with E-state index >= 15 is 0 Å². The van der Waals surface area contributed by atoms with Gasteiger partial charge in [0.05, 0.1) is 6.54 Å². The lowest BCUT2D eigenvalue weighted by Crippen LogP contribution is -2.47. The minimum atomic E-state index is 0.346. The van der Waals surface area contributed by atoms with Crippen molar-refractivity contribution in [2.45, 2.75) is 51.7 Å². The highest BCUT2D eigenvalue weighted by Crippen LogP contribution is 2.11. The first-order valence-electron chi connectivity index (χ1n) is 8.58. The molecule has 0 amide bonds. The molecule has 0 bridgehead atoms. The predicted octanol–water partition coefficient (Wildman–Crippen LogP) is 0.743. The molecule has 0 spiro atoms. The van der Waals surface area contributed by atoms with E-state index < -0.39 is 0 Å². The van der Waals surface area contributed by atoms with Crippen LogP contribution in [-0.2, 0) is 19.5 Å². The van der Waals surface area contributed by atoms with Gasteiger partial charge in [-0.1, -0.05) is 0 Å². The first-order valence-corrected chi connectivity index (χ1v) is 8.58. The van der Waals surface area contributed by atoms with Gasteiger partial charge in [-0.05, 0) is 26.2 Å². The molecule has 1 aliphatic rings. The smallest absolute Gasteiger partial charge is 0.191 e. The Morgan fingerprint density at radius 2 is 2.29 bits per heavy atom. The first kappa shape index (κ1) is 16.5. The fourth-order valence-corrected chi connectivity index (χ4v) is 3.00. The second-order valence-electron chi connectivity index (χ2n) is 6.11. The summed E-state index contributed by atoms with van der Waals surface area (Å²) in [6.45, 7) is 4.80. The summed E-state index contributed by atoms with van der Waals surface area (Å²) in [5.41, 5.74) is 0. The van der Waals surface area contributed by atoms with Crippen molar-refractivity contribution in [1.82, 2.24) is 34.9 Å². The summed E-state index contributed by atoms with van der Waals surface area (Å²) in [6, 6.07) is 0.346. The molecule has 0 aliphatic carbocycles. The summed E-state index contributed by atoms with van der Waals surface area (Å²) < 4.78 is 4.16. The normalized spacial score (nSPS) is 17.6. The number of aliphatic imine (C=N–C) groups is 1.